The summed E-state index contributed by atoms with van der Waals surface area (Å²) in [6, 6.07) is 20.4. The molecule has 0 saturated carbocycles. The number of hydrogen-bond acceptors (Lipinski definition) is 4. The average molecular weight is 328 g/mol. The van der Waals surface area contributed by atoms with Gasteiger partial charge in [0.05, 0.1) is 16.7 Å². The van der Waals surface area contributed by atoms with Crippen molar-refractivity contribution in [2.45, 2.75) is 0 Å². The number of nitrogens with two attached hydrogens (primary N) is 1. The van der Waals surface area contributed by atoms with E-state index in [4.69, 9.17) is 5.73 Å². The molecule has 4 aromatic rings. The Bertz CT molecular complexity index is 1060. The van der Waals surface area contributed by atoms with Crippen LogP contribution >= 0.6 is 0 Å². The number of aliphatic imine (C=N–C) groups is 1. The van der Waals surface area contributed by atoms with E-state index in [-0.39, 0.29) is 5.75 Å². The van der Waals surface area contributed by atoms with Crippen molar-refractivity contribution in [2.24, 2.45) is 4.99 Å². The number of nitrogens with zero attached hydrogens (tertiary/aromatic N) is 2. The number of nitrogen functional groups attached to an aromatic ring is 1. The number of hydrogen-bond donors (Lipinski definition) is 3. The van der Waals surface area contributed by atoms with Gasteiger partial charge in [-0.1, -0.05) is 12.1 Å². The highest BCUT2D eigenvalue weighted by atomic mass is 16.3. The van der Waals surface area contributed by atoms with Crippen LogP contribution in [0.3, 0.4) is 0 Å². The predicted molar refractivity (Wildman–Crippen MR) is 101 cm³/mol. The largest absolute Gasteiger partial charge is 0.507 e. The average Bonchev–Trinajstić information content (AvgIpc) is 3.04. The number of phenols is 1. The predicted octanol–water partition coefficient (Wildman–Crippen LogP) is 4.27. The van der Waals surface area contributed by atoms with Gasteiger partial charge in [-0.2, -0.15) is 0 Å². The van der Waals surface area contributed by atoms with E-state index in [9.17, 15) is 5.11 Å². The van der Waals surface area contributed by atoms with E-state index >= 15 is 0 Å². The maximum atomic E-state index is 9.76. The number of aromatic hydroxyl groups is 1. The molecule has 0 bridgehead atoms. The van der Waals surface area contributed by atoms with Crippen molar-refractivity contribution >= 4 is 28.6 Å². The number of imidazole rings is 1. The second-order valence-corrected chi connectivity index (χ2v) is 5.73. The summed E-state index contributed by atoms with van der Waals surface area (Å²) in [5.41, 5.74) is 10.8. The van der Waals surface area contributed by atoms with Crippen molar-refractivity contribution in [1.29, 1.82) is 0 Å². The lowest BCUT2D eigenvalue weighted by atomic mass is 10.2. The molecule has 0 aliphatic heterocycles. The van der Waals surface area contributed by atoms with E-state index in [2.05, 4.69) is 15.0 Å². The molecular weight excluding hydrogens is 312 g/mol. The van der Waals surface area contributed by atoms with Crippen LogP contribution in [0, 0.1) is 0 Å². The monoisotopic (exact) mass is 328 g/mol. The number of anilines is 1. The number of phenolic OH excluding ortho intramolecular Hbond substituents is 1. The Balaban J connectivity index is 1.60. The molecular formula is C20H16N4O. The van der Waals surface area contributed by atoms with Crippen LogP contribution in [-0.4, -0.2) is 21.3 Å². The van der Waals surface area contributed by atoms with E-state index in [1.807, 2.05) is 54.6 Å². The van der Waals surface area contributed by atoms with Crippen molar-refractivity contribution in [3.63, 3.8) is 0 Å². The Morgan fingerprint density at radius 3 is 2.60 bits per heavy atom. The van der Waals surface area contributed by atoms with Gasteiger partial charge >= 0.3 is 0 Å². The van der Waals surface area contributed by atoms with E-state index in [1.54, 1.807) is 18.3 Å². The highest BCUT2D eigenvalue weighted by Gasteiger charge is 2.05. The second-order valence-electron chi connectivity index (χ2n) is 5.73. The number of para-hydroxylation sites is 1. The Morgan fingerprint density at radius 2 is 1.80 bits per heavy atom. The summed E-state index contributed by atoms with van der Waals surface area (Å²) in [5.74, 6) is 1.00. The third-order valence-corrected chi connectivity index (χ3v) is 3.94. The van der Waals surface area contributed by atoms with Crippen LogP contribution in [0.25, 0.3) is 22.4 Å². The number of aromatic nitrogens is 2. The Hall–Kier alpha value is -3.60. The minimum Gasteiger partial charge on any atom is -0.507 e. The topological polar surface area (TPSA) is 87.3 Å². The molecule has 0 fully saturated rings. The molecule has 0 atom stereocenters. The quantitative estimate of drug-likeness (QED) is 0.388. The third-order valence-electron chi connectivity index (χ3n) is 3.94. The molecule has 1 aromatic heterocycles. The van der Waals surface area contributed by atoms with Gasteiger partial charge in [0.1, 0.15) is 11.6 Å². The molecule has 0 spiro atoms. The number of nitrogens with one attached hydrogen (secondary N) is 1. The van der Waals surface area contributed by atoms with Gasteiger partial charge in [-0.3, -0.25) is 4.99 Å². The number of H-pyrrole nitrogens is 1. The molecule has 25 heavy (non-hydrogen) atoms. The van der Waals surface area contributed by atoms with E-state index < -0.39 is 0 Å². The van der Waals surface area contributed by atoms with Crippen LogP contribution in [0.5, 0.6) is 5.75 Å². The normalized spacial score (nSPS) is 11.4. The van der Waals surface area contributed by atoms with Crippen molar-refractivity contribution in [3.8, 4) is 17.1 Å². The van der Waals surface area contributed by atoms with Crippen molar-refractivity contribution in [1.82, 2.24) is 9.97 Å². The van der Waals surface area contributed by atoms with Gasteiger partial charge in [-0.15, -0.1) is 0 Å². The maximum absolute atomic E-state index is 9.76. The van der Waals surface area contributed by atoms with Crippen molar-refractivity contribution < 1.29 is 5.11 Å². The van der Waals surface area contributed by atoms with Crippen LogP contribution in [0.1, 0.15) is 5.56 Å². The molecule has 122 valence electrons. The van der Waals surface area contributed by atoms with Crippen LogP contribution in [-0.2, 0) is 0 Å². The van der Waals surface area contributed by atoms with Gasteiger partial charge in [0.15, 0.2) is 0 Å². The van der Waals surface area contributed by atoms with Gasteiger partial charge in [0.2, 0.25) is 0 Å². The molecule has 0 saturated heterocycles. The minimum atomic E-state index is 0.212. The zero-order valence-corrected chi connectivity index (χ0v) is 13.3. The molecule has 3 aromatic carbocycles. The summed E-state index contributed by atoms with van der Waals surface area (Å²) < 4.78 is 0. The molecule has 1 heterocycles. The SMILES string of the molecule is Nc1ccc2nc(-c3ccc(N=Cc4ccccc4O)cc3)[nH]c2c1. The van der Waals surface area contributed by atoms with E-state index in [0.29, 0.717) is 11.3 Å². The second kappa shape index (κ2) is 6.13. The lowest BCUT2D eigenvalue weighted by Crippen LogP contribution is -1.82. The fraction of sp³-hybridized carbons (Fsp3) is 0. The van der Waals surface area contributed by atoms with E-state index in [1.165, 1.54) is 0 Å². The van der Waals surface area contributed by atoms with Gasteiger partial charge in [0.25, 0.3) is 0 Å². The van der Waals surface area contributed by atoms with Gasteiger partial charge in [-0.25, -0.2) is 4.98 Å². The summed E-state index contributed by atoms with van der Waals surface area (Å²) in [6.07, 6.45) is 1.65. The summed E-state index contributed by atoms with van der Waals surface area (Å²) in [5, 5.41) is 9.76. The van der Waals surface area contributed by atoms with Crippen molar-refractivity contribution in [3.05, 3.63) is 72.3 Å². The first-order chi connectivity index (χ1) is 12.2. The summed E-state index contributed by atoms with van der Waals surface area (Å²) in [4.78, 5) is 12.2. The molecule has 4 N–H and O–H groups in total. The maximum Gasteiger partial charge on any atom is 0.138 e. The number of aromatic amines is 1. The minimum absolute atomic E-state index is 0.212. The molecule has 0 aliphatic carbocycles. The van der Waals surface area contributed by atoms with E-state index in [0.717, 1.165) is 28.1 Å². The third kappa shape index (κ3) is 3.07. The Morgan fingerprint density at radius 1 is 1.00 bits per heavy atom. The zero-order valence-electron chi connectivity index (χ0n) is 13.3. The molecule has 5 nitrogen and oxygen atoms in total. The lowest BCUT2D eigenvalue weighted by molar-refractivity contribution is 0.474. The van der Waals surface area contributed by atoms with Crippen LogP contribution in [0.15, 0.2) is 71.7 Å². The fourth-order valence-electron chi connectivity index (χ4n) is 2.61. The van der Waals surface area contributed by atoms with Crippen molar-refractivity contribution in [2.75, 3.05) is 5.73 Å². The first-order valence-electron chi connectivity index (χ1n) is 7.87. The summed E-state index contributed by atoms with van der Waals surface area (Å²) in [6.45, 7) is 0. The molecule has 0 amide bonds. The molecule has 5 heteroatoms. The standard InChI is InChI=1S/C20H16N4O/c21-15-7-10-17-18(11-15)24-20(23-17)13-5-8-16(9-6-13)22-12-14-3-1-2-4-19(14)25/h1-12,25H,21H2,(H,23,24). The highest BCUT2D eigenvalue weighted by Crippen LogP contribution is 2.24. The highest BCUT2D eigenvalue weighted by molar-refractivity contribution is 5.85. The van der Waals surface area contributed by atoms with Crippen LogP contribution in [0.4, 0.5) is 11.4 Å². The molecule has 0 unspecified atom stereocenters. The van der Waals surface area contributed by atoms with Gasteiger partial charge in [0, 0.05) is 23.0 Å². The lowest BCUT2D eigenvalue weighted by Gasteiger charge is -1.99. The van der Waals surface area contributed by atoms with Gasteiger partial charge < -0.3 is 15.8 Å². The molecule has 4 rings (SSSR count). The zero-order chi connectivity index (χ0) is 17.2. The number of fused-ring (bicyclic) bond motifs is 1. The van der Waals surface area contributed by atoms with Crippen LogP contribution in [0.2, 0.25) is 0 Å². The first kappa shape index (κ1) is 15.0. The number of benzene rings is 3. The summed E-state index contributed by atoms with van der Waals surface area (Å²) in [7, 11) is 0. The summed E-state index contributed by atoms with van der Waals surface area (Å²) >= 11 is 0. The molecule has 0 aliphatic rings. The number of rotatable bonds is 3. The van der Waals surface area contributed by atoms with Crippen LogP contribution < -0.4 is 5.73 Å². The Kier molecular flexibility index (Phi) is 3.67. The molecule has 0 radical (unpaired) electrons. The smallest absolute Gasteiger partial charge is 0.138 e. The first-order valence-corrected chi connectivity index (χ1v) is 7.87. The fourth-order valence-corrected chi connectivity index (χ4v) is 2.61. The van der Waals surface area contributed by atoms with Gasteiger partial charge in [-0.05, 0) is 54.6 Å². The Labute approximate surface area is 144 Å².